The average Bonchev–Trinajstić information content (AvgIpc) is 2.25. The summed E-state index contributed by atoms with van der Waals surface area (Å²) in [6.07, 6.45) is 0. The van der Waals surface area contributed by atoms with Crippen molar-refractivity contribution in [3.05, 3.63) is 39.4 Å². The summed E-state index contributed by atoms with van der Waals surface area (Å²) in [7, 11) is -3.32. The maximum atomic E-state index is 12.3. The fourth-order valence-corrected chi connectivity index (χ4v) is 2.92. The molecule has 0 aliphatic heterocycles. The molecule has 0 atom stereocenters. The van der Waals surface area contributed by atoms with Crippen LogP contribution in [0.15, 0.2) is 18.2 Å². The predicted molar refractivity (Wildman–Crippen MR) is 84.2 cm³/mol. The predicted octanol–water partition coefficient (Wildman–Crippen LogP) is 3.61. The molecule has 0 heterocycles. The number of nitro benzene ring substituents is 1. The Labute approximate surface area is 126 Å². The third kappa shape index (κ3) is 4.03. The third-order valence-electron chi connectivity index (χ3n) is 3.36. The number of rotatable bonds is 3. The average molecular weight is 313 g/mol. The second kappa shape index (κ2) is 5.40. The lowest BCUT2D eigenvalue weighted by Crippen LogP contribution is -2.29. The Balaban J connectivity index is 3.34. The fraction of sp³-hybridized carbons (Fsp3) is 0.600. The van der Waals surface area contributed by atoms with Crippen molar-refractivity contribution in [1.29, 1.82) is 0 Å². The number of sulfone groups is 1. The van der Waals surface area contributed by atoms with Crippen molar-refractivity contribution in [2.45, 2.75) is 57.5 Å². The van der Waals surface area contributed by atoms with Crippen LogP contribution < -0.4 is 0 Å². The van der Waals surface area contributed by atoms with E-state index in [-0.39, 0.29) is 11.4 Å². The Morgan fingerprint density at radius 1 is 1.10 bits per heavy atom. The molecule has 0 aliphatic rings. The SMILES string of the molecule is CC(C)(C)c1cc(CS(=O)(=O)C(C)(C)C)ccc1[N+](=O)[O-]. The summed E-state index contributed by atoms with van der Waals surface area (Å²) in [6.45, 7) is 10.6. The molecule has 0 N–H and O–H groups in total. The molecule has 0 fully saturated rings. The second-order valence-corrected chi connectivity index (χ2v) is 9.97. The van der Waals surface area contributed by atoms with Gasteiger partial charge < -0.3 is 0 Å². The molecule has 5 nitrogen and oxygen atoms in total. The van der Waals surface area contributed by atoms with Gasteiger partial charge >= 0.3 is 0 Å². The lowest BCUT2D eigenvalue weighted by Gasteiger charge is -2.22. The quantitative estimate of drug-likeness (QED) is 0.631. The van der Waals surface area contributed by atoms with Gasteiger partial charge in [0.05, 0.1) is 15.4 Å². The minimum atomic E-state index is -3.32. The van der Waals surface area contributed by atoms with Crippen molar-refractivity contribution in [3.8, 4) is 0 Å². The van der Waals surface area contributed by atoms with E-state index in [9.17, 15) is 18.5 Å². The zero-order chi connectivity index (χ0) is 16.6. The topological polar surface area (TPSA) is 77.3 Å². The van der Waals surface area contributed by atoms with E-state index in [1.165, 1.54) is 12.1 Å². The summed E-state index contributed by atoms with van der Waals surface area (Å²) in [5.41, 5.74) is 0.734. The van der Waals surface area contributed by atoms with E-state index in [4.69, 9.17) is 0 Å². The molecule has 0 aromatic heterocycles. The highest BCUT2D eigenvalue weighted by atomic mass is 32.2. The summed E-state index contributed by atoms with van der Waals surface area (Å²) in [5, 5.41) is 11.1. The van der Waals surface area contributed by atoms with Gasteiger partial charge in [-0.05, 0) is 37.8 Å². The number of nitrogens with zero attached hydrogens (tertiary/aromatic N) is 1. The van der Waals surface area contributed by atoms with Crippen LogP contribution in [-0.4, -0.2) is 18.1 Å². The smallest absolute Gasteiger partial charge is 0.258 e. The highest BCUT2D eigenvalue weighted by molar-refractivity contribution is 7.91. The highest BCUT2D eigenvalue weighted by Gasteiger charge is 2.31. The second-order valence-electron chi connectivity index (χ2n) is 7.23. The van der Waals surface area contributed by atoms with Crippen LogP contribution in [0, 0.1) is 10.1 Å². The normalized spacial score (nSPS) is 13.2. The van der Waals surface area contributed by atoms with Crippen LogP contribution in [0.25, 0.3) is 0 Å². The van der Waals surface area contributed by atoms with Gasteiger partial charge in [-0.1, -0.05) is 26.8 Å². The van der Waals surface area contributed by atoms with E-state index in [0.29, 0.717) is 11.1 Å². The summed E-state index contributed by atoms with van der Waals surface area (Å²) < 4.78 is 23.7. The summed E-state index contributed by atoms with van der Waals surface area (Å²) in [6, 6.07) is 4.56. The summed E-state index contributed by atoms with van der Waals surface area (Å²) in [4.78, 5) is 10.7. The van der Waals surface area contributed by atoms with E-state index < -0.39 is 24.9 Å². The first-order valence-corrected chi connectivity index (χ1v) is 8.41. The Hall–Kier alpha value is -1.43. The molecule has 0 aliphatic carbocycles. The van der Waals surface area contributed by atoms with Gasteiger partial charge in [-0.2, -0.15) is 0 Å². The van der Waals surface area contributed by atoms with E-state index in [0.717, 1.165) is 0 Å². The largest absolute Gasteiger partial charge is 0.273 e. The molecular formula is C15H23NO4S. The number of benzene rings is 1. The first-order chi connectivity index (χ1) is 9.25. The molecular weight excluding hydrogens is 290 g/mol. The van der Waals surface area contributed by atoms with E-state index in [2.05, 4.69) is 0 Å². The van der Waals surface area contributed by atoms with Gasteiger partial charge in [0.15, 0.2) is 9.84 Å². The molecule has 0 unspecified atom stereocenters. The monoisotopic (exact) mass is 313 g/mol. The van der Waals surface area contributed by atoms with Crippen molar-refractivity contribution < 1.29 is 13.3 Å². The zero-order valence-corrected chi connectivity index (χ0v) is 14.2. The molecule has 1 rings (SSSR count). The van der Waals surface area contributed by atoms with Crippen LogP contribution >= 0.6 is 0 Å². The molecule has 1 aromatic rings. The van der Waals surface area contributed by atoms with Crippen molar-refractivity contribution in [1.82, 2.24) is 0 Å². The van der Waals surface area contributed by atoms with Gasteiger partial charge in [0.1, 0.15) is 0 Å². The Morgan fingerprint density at radius 2 is 1.62 bits per heavy atom. The lowest BCUT2D eigenvalue weighted by molar-refractivity contribution is -0.386. The van der Waals surface area contributed by atoms with Gasteiger partial charge in [0, 0.05) is 11.6 Å². The Morgan fingerprint density at radius 3 is 2.00 bits per heavy atom. The molecule has 0 spiro atoms. The third-order valence-corrected chi connectivity index (χ3v) is 5.93. The molecule has 21 heavy (non-hydrogen) atoms. The van der Waals surface area contributed by atoms with Crippen molar-refractivity contribution >= 4 is 15.5 Å². The number of hydrogen-bond acceptors (Lipinski definition) is 4. The molecule has 1 aromatic carbocycles. The van der Waals surface area contributed by atoms with E-state index in [1.807, 2.05) is 20.8 Å². The van der Waals surface area contributed by atoms with E-state index >= 15 is 0 Å². The maximum absolute atomic E-state index is 12.3. The molecule has 118 valence electrons. The van der Waals surface area contributed by atoms with Crippen LogP contribution in [0.2, 0.25) is 0 Å². The van der Waals surface area contributed by atoms with Crippen molar-refractivity contribution in [2.24, 2.45) is 0 Å². The van der Waals surface area contributed by atoms with Crippen LogP contribution in [0.5, 0.6) is 0 Å². The van der Waals surface area contributed by atoms with Crippen molar-refractivity contribution in [2.75, 3.05) is 0 Å². The molecule has 0 bridgehead atoms. The van der Waals surface area contributed by atoms with Crippen LogP contribution in [-0.2, 0) is 21.0 Å². The first kappa shape index (κ1) is 17.6. The molecule has 0 saturated heterocycles. The van der Waals surface area contributed by atoms with Gasteiger partial charge in [0.2, 0.25) is 0 Å². The minimum Gasteiger partial charge on any atom is -0.258 e. The molecule has 0 radical (unpaired) electrons. The van der Waals surface area contributed by atoms with Crippen LogP contribution in [0.4, 0.5) is 5.69 Å². The van der Waals surface area contributed by atoms with Crippen LogP contribution in [0.3, 0.4) is 0 Å². The zero-order valence-electron chi connectivity index (χ0n) is 13.4. The van der Waals surface area contributed by atoms with Gasteiger partial charge in [0.25, 0.3) is 5.69 Å². The van der Waals surface area contributed by atoms with Crippen LogP contribution in [0.1, 0.15) is 52.7 Å². The first-order valence-electron chi connectivity index (χ1n) is 6.76. The molecule has 0 saturated carbocycles. The maximum Gasteiger partial charge on any atom is 0.273 e. The van der Waals surface area contributed by atoms with Gasteiger partial charge in [-0.3, -0.25) is 10.1 Å². The van der Waals surface area contributed by atoms with Crippen molar-refractivity contribution in [3.63, 3.8) is 0 Å². The highest BCUT2D eigenvalue weighted by Crippen LogP contribution is 2.33. The minimum absolute atomic E-state index is 0.0272. The Kier molecular flexibility index (Phi) is 4.53. The van der Waals surface area contributed by atoms with Gasteiger partial charge in [-0.15, -0.1) is 0 Å². The number of nitro groups is 1. The number of hydrogen-bond donors (Lipinski definition) is 0. The van der Waals surface area contributed by atoms with Gasteiger partial charge in [-0.25, -0.2) is 8.42 Å². The van der Waals surface area contributed by atoms with E-state index in [1.54, 1.807) is 26.8 Å². The fourth-order valence-electron chi connectivity index (χ4n) is 1.87. The lowest BCUT2D eigenvalue weighted by atomic mass is 9.85. The summed E-state index contributed by atoms with van der Waals surface area (Å²) >= 11 is 0. The molecule has 0 amide bonds. The Bertz CT molecular complexity index is 649. The standard InChI is InChI=1S/C15H23NO4S/c1-14(2,3)12-9-11(7-8-13(12)16(17)18)10-21(19,20)15(4,5)6/h7-9H,10H2,1-6H3. The molecule has 6 heteroatoms. The summed E-state index contributed by atoms with van der Waals surface area (Å²) in [5.74, 6) is -0.114.